The van der Waals surface area contributed by atoms with Gasteiger partial charge in [-0.05, 0) is 72.3 Å². The molecule has 5 rings (SSSR count). The zero-order chi connectivity index (χ0) is 25.7. The van der Waals surface area contributed by atoms with Gasteiger partial charge in [-0.25, -0.2) is 20.0 Å². The normalized spacial score (nSPS) is 21.0. The zero-order valence-corrected chi connectivity index (χ0v) is 22.7. The zero-order valence-electron chi connectivity index (χ0n) is 22.7. The Balaban J connectivity index is 1.85. The predicted octanol–water partition coefficient (Wildman–Crippen LogP) is 7.68. The molecule has 0 spiro atoms. The van der Waals surface area contributed by atoms with E-state index in [0.717, 1.165) is 45.6 Å². The van der Waals surface area contributed by atoms with Crippen molar-refractivity contribution >= 4 is 22.8 Å². The van der Waals surface area contributed by atoms with Gasteiger partial charge in [0.05, 0.1) is 45.6 Å². The summed E-state index contributed by atoms with van der Waals surface area (Å²) < 4.78 is 0. The number of fused-ring (bicyclic) bond motifs is 4. The Hall–Kier alpha value is -3.40. The van der Waals surface area contributed by atoms with Crippen molar-refractivity contribution in [1.29, 1.82) is 0 Å². The lowest BCUT2D eigenvalue weighted by atomic mass is 9.96. The monoisotopic (exact) mass is 476 g/mol. The minimum Gasteiger partial charge on any atom is -0.248 e. The Morgan fingerprint density at radius 3 is 0.694 bits per heavy atom. The number of aliphatic imine (C=N–C) groups is 4. The molecular formula is C32H36N4. The van der Waals surface area contributed by atoms with Crippen molar-refractivity contribution in [3.8, 4) is 0 Å². The van der Waals surface area contributed by atoms with E-state index < -0.39 is 0 Å². The predicted molar refractivity (Wildman–Crippen MR) is 154 cm³/mol. The van der Waals surface area contributed by atoms with Crippen molar-refractivity contribution < 1.29 is 0 Å². The summed E-state index contributed by atoms with van der Waals surface area (Å²) in [5.41, 5.74) is 12.7. The molecule has 0 saturated carbocycles. The molecule has 0 radical (unpaired) electrons. The molecule has 0 atom stereocenters. The fraction of sp³-hybridized carbons (Fsp3) is 0.375. The highest BCUT2D eigenvalue weighted by Crippen LogP contribution is 2.35. The third-order valence-corrected chi connectivity index (χ3v) is 7.08. The van der Waals surface area contributed by atoms with Crippen molar-refractivity contribution in [2.75, 3.05) is 0 Å². The fourth-order valence-electron chi connectivity index (χ4n) is 5.54. The molecule has 0 N–H and O–H groups in total. The van der Waals surface area contributed by atoms with Crippen LogP contribution in [0.2, 0.25) is 0 Å². The van der Waals surface area contributed by atoms with Crippen LogP contribution in [-0.4, -0.2) is 22.8 Å². The molecule has 0 unspecified atom stereocenters. The maximum Gasteiger partial charge on any atom is 0.0693 e. The van der Waals surface area contributed by atoms with Gasteiger partial charge in [0.1, 0.15) is 0 Å². The molecule has 0 aromatic heterocycles. The molecule has 4 nitrogen and oxygen atoms in total. The molecule has 0 aromatic carbocycles. The second-order valence-electron chi connectivity index (χ2n) is 11.1. The number of hydrogen-bond acceptors (Lipinski definition) is 4. The van der Waals surface area contributed by atoms with Gasteiger partial charge in [0.15, 0.2) is 0 Å². The summed E-state index contributed by atoms with van der Waals surface area (Å²) in [7, 11) is 0. The van der Waals surface area contributed by atoms with Crippen LogP contribution in [0.4, 0.5) is 0 Å². The lowest BCUT2D eigenvalue weighted by Crippen LogP contribution is -2.10. The van der Waals surface area contributed by atoms with E-state index in [-0.39, 0.29) is 23.7 Å². The van der Waals surface area contributed by atoms with Gasteiger partial charge in [0.25, 0.3) is 0 Å². The van der Waals surface area contributed by atoms with E-state index in [0.29, 0.717) is 0 Å². The average Bonchev–Trinajstić information content (AvgIpc) is 3.57. The van der Waals surface area contributed by atoms with E-state index in [9.17, 15) is 0 Å². The van der Waals surface area contributed by atoms with E-state index in [1.807, 2.05) is 0 Å². The van der Waals surface area contributed by atoms with E-state index in [1.165, 1.54) is 22.3 Å². The van der Waals surface area contributed by atoms with Crippen molar-refractivity contribution in [1.82, 2.24) is 0 Å². The van der Waals surface area contributed by atoms with Crippen LogP contribution in [0.25, 0.3) is 0 Å². The van der Waals surface area contributed by atoms with Crippen LogP contribution >= 0.6 is 0 Å². The minimum atomic E-state index is 0.287. The molecule has 5 aliphatic rings. The summed E-state index contributed by atoms with van der Waals surface area (Å²) >= 11 is 0. The molecular weight excluding hydrogens is 440 g/mol. The third-order valence-electron chi connectivity index (χ3n) is 7.08. The van der Waals surface area contributed by atoms with Gasteiger partial charge in [-0.1, -0.05) is 55.4 Å². The van der Waals surface area contributed by atoms with Crippen LogP contribution in [0.3, 0.4) is 0 Å². The Morgan fingerprint density at radius 1 is 0.333 bits per heavy atom. The van der Waals surface area contributed by atoms with Gasteiger partial charge in [-0.2, -0.15) is 0 Å². The molecule has 0 amide bonds. The number of rotatable bonds is 4. The van der Waals surface area contributed by atoms with Gasteiger partial charge in [0.2, 0.25) is 0 Å². The second-order valence-corrected chi connectivity index (χ2v) is 11.1. The molecule has 5 heterocycles. The lowest BCUT2D eigenvalue weighted by molar-refractivity contribution is 0.787. The molecule has 5 aliphatic heterocycles. The SMILES string of the molecule is CC(C)C1=C2C=CC(=N2)C(C(C)C)=C2C=CC(=N2)C(C(C)C)=C2C=CC(=N2)C(C(C)C)=C2C=CC1=N2. The Morgan fingerprint density at radius 2 is 0.528 bits per heavy atom. The van der Waals surface area contributed by atoms with Crippen LogP contribution in [-0.2, 0) is 0 Å². The summed E-state index contributed by atoms with van der Waals surface area (Å²) in [6.07, 6.45) is 17.2. The molecule has 0 aromatic rings. The third kappa shape index (κ3) is 4.13. The van der Waals surface area contributed by atoms with Crippen molar-refractivity contribution in [3.05, 3.63) is 93.7 Å². The van der Waals surface area contributed by atoms with Crippen molar-refractivity contribution in [2.45, 2.75) is 55.4 Å². The highest BCUT2D eigenvalue weighted by Gasteiger charge is 2.28. The fourth-order valence-corrected chi connectivity index (χ4v) is 5.54. The number of hydrogen-bond donors (Lipinski definition) is 0. The summed E-state index contributed by atoms with van der Waals surface area (Å²) in [6, 6.07) is 0. The van der Waals surface area contributed by atoms with E-state index in [4.69, 9.17) is 20.0 Å². The number of allylic oxidation sites excluding steroid dienone is 12. The first-order valence-electron chi connectivity index (χ1n) is 13.2. The summed E-state index contributed by atoms with van der Waals surface area (Å²) in [5.74, 6) is 1.15. The quantitative estimate of drug-likeness (QED) is 0.399. The van der Waals surface area contributed by atoms with Gasteiger partial charge >= 0.3 is 0 Å². The van der Waals surface area contributed by atoms with Gasteiger partial charge in [0, 0.05) is 22.3 Å². The Kier molecular flexibility index (Phi) is 6.23. The lowest BCUT2D eigenvalue weighted by Gasteiger charge is -2.15. The topological polar surface area (TPSA) is 49.4 Å². The van der Waals surface area contributed by atoms with Crippen LogP contribution in [0.1, 0.15) is 55.4 Å². The first-order valence-corrected chi connectivity index (χ1v) is 13.2. The molecule has 0 fully saturated rings. The van der Waals surface area contributed by atoms with Crippen LogP contribution in [0.5, 0.6) is 0 Å². The van der Waals surface area contributed by atoms with Gasteiger partial charge in [-0.15, -0.1) is 0 Å². The maximum absolute atomic E-state index is 5.15. The average molecular weight is 477 g/mol. The molecule has 4 heteroatoms. The molecule has 0 aliphatic carbocycles. The minimum absolute atomic E-state index is 0.287. The molecule has 36 heavy (non-hydrogen) atoms. The van der Waals surface area contributed by atoms with E-state index in [2.05, 4.69) is 104 Å². The summed E-state index contributed by atoms with van der Waals surface area (Å²) in [4.78, 5) is 20.6. The molecule has 8 bridgehead atoms. The molecule has 184 valence electrons. The highest BCUT2D eigenvalue weighted by molar-refractivity contribution is 6.19. The number of nitrogens with zero attached hydrogens (tertiary/aromatic N) is 4. The second kappa shape index (κ2) is 9.24. The van der Waals surface area contributed by atoms with Crippen LogP contribution in [0.15, 0.2) is 114 Å². The van der Waals surface area contributed by atoms with Crippen LogP contribution in [0, 0.1) is 23.7 Å². The van der Waals surface area contributed by atoms with Crippen LogP contribution < -0.4 is 0 Å². The smallest absolute Gasteiger partial charge is 0.0693 e. The Bertz CT molecular complexity index is 1180. The molecule has 0 saturated heterocycles. The Labute approximate surface area is 215 Å². The summed E-state index contributed by atoms with van der Waals surface area (Å²) in [5, 5.41) is 0. The first-order chi connectivity index (χ1) is 17.2. The van der Waals surface area contributed by atoms with E-state index in [1.54, 1.807) is 0 Å². The standard InChI is InChI=1S/C32H36N4/c1-17(2)29-21-9-11-23(33-21)30(18(3)4)25-13-15-27(35-25)32(20(7)8)28-16-14-26(36-28)31(19(5)6)24-12-10-22(29)34-24/h9-20H,1-8H3. The summed E-state index contributed by atoms with van der Waals surface area (Å²) in [6.45, 7) is 17.7. The highest BCUT2D eigenvalue weighted by atomic mass is 14.9. The van der Waals surface area contributed by atoms with Gasteiger partial charge in [-0.3, -0.25) is 0 Å². The van der Waals surface area contributed by atoms with Crippen molar-refractivity contribution in [2.24, 2.45) is 43.6 Å². The van der Waals surface area contributed by atoms with Gasteiger partial charge < -0.3 is 0 Å². The maximum atomic E-state index is 5.15. The first kappa shape index (κ1) is 24.3. The van der Waals surface area contributed by atoms with E-state index >= 15 is 0 Å². The largest absolute Gasteiger partial charge is 0.248 e. The van der Waals surface area contributed by atoms with Crippen molar-refractivity contribution in [3.63, 3.8) is 0 Å².